The summed E-state index contributed by atoms with van der Waals surface area (Å²) in [5, 5.41) is 0. The van der Waals surface area contributed by atoms with Gasteiger partial charge in [-0.1, -0.05) is 0 Å². The molecule has 7 heavy (non-hydrogen) atoms. The van der Waals surface area contributed by atoms with Crippen molar-refractivity contribution in [2.24, 2.45) is 0 Å². The van der Waals surface area contributed by atoms with Gasteiger partial charge < -0.3 is 0 Å². The van der Waals surface area contributed by atoms with E-state index in [1.165, 1.54) is 0 Å². The van der Waals surface area contributed by atoms with Crippen LogP contribution in [0.15, 0.2) is 12.7 Å². The molecule has 1 nitrogen and oxygen atoms in total. The van der Waals surface area contributed by atoms with Crippen LogP contribution in [0.4, 0.5) is 0 Å². The van der Waals surface area contributed by atoms with Crippen molar-refractivity contribution < 1.29 is 23.2 Å². The van der Waals surface area contributed by atoms with Crippen molar-refractivity contribution in [2.45, 2.75) is 6.04 Å². The Morgan fingerprint density at radius 1 is 1.86 bits per heavy atom. The maximum atomic E-state index is 5.27. The van der Waals surface area contributed by atoms with Crippen LogP contribution in [-0.4, -0.2) is 17.5 Å². The van der Waals surface area contributed by atoms with E-state index in [-0.39, 0.29) is 17.5 Å². The summed E-state index contributed by atoms with van der Waals surface area (Å²) < 4.78 is 5.27. The summed E-state index contributed by atoms with van der Waals surface area (Å²) >= 11 is 2.33. The molecular formula is C3H9OPtSi2. The SMILES string of the molecule is C=CC[SiH2]O[SiH2][Pt]. The summed E-state index contributed by atoms with van der Waals surface area (Å²) in [5.74, 6) is 0. The van der Waals surface area contributed by atoms with Crippen LogP contribution in [0, 0.1) is 0 Å². The van der Waals surface area contributed by atoms with Gasteiger partial charge in [0.2, 0.25) is 0 Å². The first-order valence-corrected chi connectivity index (χ1v) is 9.54. The molecule has 45 valence electrons. The summed E-state index contributed by atoms with van der Waals surface area (Å²) in [4.78, 5) is 0. The third-order valence-corrected chi connectivity index (χ3v) is 7.02. The van der Waals surface area contributed by atoms with Gasteiger partial charge >= 0.3 is 59.4 Å². The Hall–Kier alpha value is 0.822. The van der Waals surface area contributed by atoms with E-state index >= 15 is 0 Å². The second-order valence-corrected chi connectivity index (χ2v) is 5.85. The van der Waals surface area contributed by atoms with E-state index in [9.17, 15) is 0 Å². The van der Waals surface area contributed by atoms with Crippen LogP contribution in [0.25, 0.3) is 0 Å². The van der Waals surface area contributed by atoms with Gasteiger partial charge in [-0.05, 0) is 0 Å². The average Bonchev–Trinajstić information content (AvgIpc) is 1.69. The van der Waals surface area contributed by atoms with Crippen molar-refractivity contribution in [2.75, 3.05) is 0 Å². The molecule has 0 bridgehead atoms. The normalized spacial score (nSPS) is 12.3. The molecule has 0 unspecified atom stereocenters. The average molecular weight is 312 g/mol. The Balaban J connectivity index is 2.56. The molecule has 0 atom stereocenters. The van der Waals surface area contributed by atoms with E-state index in [1.54, 1.807) is 0 Å². The standard InChI is InChI=1S/C3H9OSi2.Pt/c1-2-3-6-4-5;/h2H,1,3,5-6H2;. The van der Waals surface area contributed by atoms with Crippen LogP contribution in [0.1, 0.15) is 0 Å². The van der Waals surface area contributed by atoms with E-state index < -0.39 is 0 Å². The Morgan fingerprint density at radius 2 is 2.57 bits per heavy atom. The Bertz CT molecular complexity index is 50.2. The third-order valence-electron chi connectivity index (χ3n) is 0.531. The number of rotatable bonds is 4. The molecule has 0 rings (SSSR count). The summed E-state index contributed by atoms with van der Waals surface area (Å²) in [6, 6.07) is 1.14. The predicted octanol–water partition coefficient (Wildman–Crippen LogP) is -0.763. The van der Waals surface area contributed by atoms with Crippen LogP contribution >= 0.6 is 0 Å². The summed E-state index contributed by atoms with van der Waals surface area (Å²) in [6.07, 6.45) is 1.94. The molecule has 0 aromatic rings. The molecule has 0 aliphatic heterocycles. The van der Waals surface area contributed by atoms with E-state index in [0.29, 0.717) is 0 Å². The van der Waals surface area contributed by atoms with Crippen LogP contribution < -0.4 is 0 Å². The van der Waals surface area contributed by atoms with Crippen LogP contribution in [0.3, 0.4) is 0 Å². The zero-order chi connectivity index (χ0) is 5.54. The topological polar surface area (TPSA) is 9.23 Å². The molecule has 0 radical (unpaired) electrons. The second-order valence-electron chi connectivity index (χ2n) is 1.08. The van der Waals surface area contributed by atoms with Crippen molar-refractivity contribution in [3.8, 4) is 0 Å². The van der Waals surface area contributed by atoms with Crippen LogP contribution in [0.2, 0.25) is 6.04 Å². The summed E-state index contributed by atoms with van der Waals surface area (Å²) in [5.41, 5.74) is 0. The van der Waals surface area contributed by atoms with Gasteiger partial charge in [-0.15, -0.1) is 0 Å². The van der Waals surface area contributed by atoms with Crippen molar-refractivity contribution in [3.63, 3.8) is 0 Å². The molecular weight excluding hydrogens is 303 g/mol. The van der Waals surface area contributed by atoms with Crippen LogP contribution in [0.5, 0.6) is 0 Å². The summed E-state index contributed by atoms with van der Waals surface area (Å²) in [6.45, 7) is 3.60. The molecule has 0 aliphatic rings. The van der Waals surface area contributed by atoms with Gasteiger partial charge in [0.25, 0.3) is 0 Å². The maximum absolute atomic E-state index is 5.27. The number of hydrogen-bond acceptors (Lipinski definition) is 1. The first kappa shape index (κ1) is 7.82. The van der Waals surface area contributed by atoms with Gasteiger partial charge in [-0.2, -0.15) is 0 Å². The zero-order valence-corrected chi connectivity index (χ0v) is 9.23. The van der Waals surface area contributed by atoms with Gasteiger partial charge in [0.1, 0.15) is 0 Å². The number of allylic oxidation sites excluding steroid dienone is 1. The van der Waals surface area contributed by atoms with Crippen LogP contribution in [-0.2, 0) is 23.2 Å². The first-order chi connectivity index (χ1) is 3.41. The fraction of sp³-hybridized carbons (Fsp3) is 0.333. The minimum atomic E-state index is -0.152. The fourth-order valence-electron chi connectivity index (χ4n) is 0.212. The summed E-state index contributed by atoms with van der Waals surface area (Å²) in [7, 11) is -0.272. The van der Waals surface area contributed by atoms with Gasteiger partial charge in [-0.3, -0.25) is 0 Å². The molecule has 4 heteroatoms. The molecule has 0 amide bonds. The monoisotopic (exact) mass is 312 g/mol. The van der Waals surface area contributed by atoms with Gasteiger partial charge in [0.15, 0.2) is 0 Å². The van der Waals surface area contributed by atoms with E-state index in [1.807, 2.05) is 6.08 Å². The Kier molecular flexibility index (Phi) is 7.62. The Labute approximate surface area is 59.5 Å². The minimum absolute atomic E-state index is 0.120. The predicted molar refractivity (Wildman–Crippen MR) is 33.2 cm³/mol. The van der Waals surface area contributed by atoms with Gasteiger partial charge in [0, 0.05) is 0 Å². The molecule has 0 fully saturated rings. The molecule has 0 heterocycles. The van der Waals surface area contributed by atoms with Gasteiger partial charge in [0.05, 0.1) is 0 Å². The zero-order valence-electron chi connectivity index (χ0n) is 4.13. The fourth-order valence-corrected chi connectivity index (χ4v) is 4.36. The molecule has 0 saturated carbocycles. The molecule has 0 aromatic carbocycles. The molecule has 0 saturated heterocycles. The first-order valence-electron chi connectivity index (χ1n) is 2.12. The third kappa shape index (κ3) is 6.82. The van der Waals surface area contributed by atoms with Crippen molar-refractivity contribution >= 4 is 17.5 Å². The van der Waals surface area contributed by atoms with E-state index in [4.69, 9.17) is 4.12 Å². The molecule has 0 spiro atoms. The molecule has 0 aliphatic carbocycles. The molecule has 0 N–H and O–H groups in total. The molecule has 0 aromatic heterocycles. The number of hydrogen-bond donors (Lipinski definition) is 0. The van der Waals surface area contributed by atoms with E-state index in [0.717, 1.165) is 6.04 Å². The van der Waals surface area contributed by atoms with Gasteiger partial charge in [-0.25, -0.2) is 0 Å². The van der Waals surface area contributed by atoms with Crippen molar-refractivity contribution in [3.05, 3.63) is 12.7 Å². The van der Waals surface area contributed by atoms with Crippen molar-refractivity contribution in [1.82, 2.24) is 0 Å². The second kappa shape index (κ2) is 6.82. The quantitative estimate of drug-likeness (QED) is 0.377. The van der Waals surface area contributed by atoms with E-state index in [2.05, 4.69) is 25.7 Å². The van der Waals surface area contributed by atoms with Crippen molar-refractivity contribution in [1.29, 1.82) is 0 Å². The Morgan fingerprint density at radius 3 is 3.00 bits per heavy atom.